The number of carbonyl (C=O) groups is 5. The molecule has 232 valence electrons. The van der Waals surface area contributed by atoms with Gasteiger partial charge in [-0.25, -0.2) is 0 Å². The maximum atomic E-state index is 14.7. The molecular formula is C34H51N3O5. The molecule has 4 fully saturated rings. The normalized spacial score (nSPS) is 43.5. The van der Waals surface area contributed by atoms with E-state index < -0.39 is 22.6 Å². The first-order valence-corrected chi connectivity index (χ1v) is 15.9. The zero-order valence-corrected chi connectivity index (χ0v) is 27.1. The third-order valence-corrected chi connectivity index (χ3v) is 13.7. The predicted molar refractivity (Wildman–Crippen MR) is 159 cm³/mol. The Morgan fingerprint density at radius 3 is 2.05 bits per heavy atom. The van der Waals surface area contributed by atoms with Crippen LogP contribution in [0.5, 0.6) is 0 Å². The third kappa shape index (κ3) is 3.94. The van der Waals surface area contributed by atoms with Gasteiger partial charge in [-0.1, -0.05) is 54.5 Å². The van der Waals surface area contributed by atoms with Gasteiger partial charge in [0.15, 0.2) is 5.78 Å². The second-order valence-electron chi connectivity index (χ2n) is 16.6. The van der Waals surface area contributed by atoms with Crippen molar-refractivity contribution in [2.75, 3.05) is 0 Å². The van der Waals surface area contributed by atoms with Gasteiger partial charge in [-0.3, -0.25) is 29.4 Å². The van der Waals surface area contributed by atoms with Crippen LogP contribution in [0.3, 0.4) is 0 Å². The number of fused-ring (bicyclic) bond motifs is 7. The smallest absolute Gasteiger partial charge is 0.245 e. The number of nitrogens with two attached hydrogens (primary N) is 1. The molecule has 8 atom stereocenters. The Hall–Kier alpha value is -2.51. The van der Waals surface area contributed by atoms with E-state index in [9.17, 15) is 24.0 Å². The van der Waals surface area contributed by atoms with Crippen molar-refractivity contribution < 1.29 is 24.0 Å². The molecule has 0 aromatic heterocycles. The summed E-state index contributed by atoms with van der Waals surface area (Å²) >= 11 is 0. The van der Waals surface area contributed by atoms with Crippen LogP contribution >= 0.6 is 0 Å². The van der Waals surface area contributed by atoms with E-state index in [2.05, 4.69) is 40.0 Å². The number of ketones is 2. The van der Waals surface area contributed by atoms with Crippen molar-refractivity contribution >= 4 is 29.3 Å². The van der Waals surface area contributed by atoms with Crippen molar-refractivity contribution in [3.63, 3.8) is 0 Å². The van der Waals surface area contributed by atoms with Crippen LogP contribution in [0.1, 0.15) is 114 Å². The zero-order chi connectivity index (χ0) is 31.4. The van der Waals surface area contributed by atoms with Crippen LogP contribution in [0, 0.1) is 56.2 Å². The van der Waals surface area contributed by atoms with Crippen molar-refractivity contribution in [2.45, 2.75) is 114 Å². The van der Waals surface area contributed by atoms with Crippen LogP contribution in [-0.2, 0) is 24.0 Å². The van der Waals surface area contributed by atoms with Crippen LogP contribution in [0.25, 0.3) is 0 Å². The molecule has 5 aliphatic rings. The monoisotopic (exact) mass is 581 g/mol. The lowest BCUT2D eigenvalue weighted by atomic mass is 9.31. The van der Waals surface area contributed by atoms with Gasteiger partial charge >= 0.3 is 0 Å². The highest BCUT2D eigenvalue weighted by atomic mass is 16.2. The Labute approximate surface area is 250 Å². The zero-order valence-electron chi connectivity index (χ0n) is 27.1. The minimum atomic E-state index is -0.827. The first-order chi connectivity index (χ1) is 19.2. The summed E-state index contributed by atoms with van der Waals surface area (Å²) in [5.41, 5.74) is 6.99. The first-order valence-electron chi connectivity index (χ1n) is 15.9. The average Bonchev–Trinajstić information content (AvgIpc) is 2.86. The molecule has 5 aliphatic carbocycles. The van der Waals surface area contributed by atoms with Gasteiger partial charge in [-0.2, -0.15) is 5.01 Å². The fourth-order valence-corrected chi connectivity index (χ4v) is 11.3. The number of rotatable bonds is 1. The Morgan fingerprint density at radius 1 is 0.857 bits per heavy atom. The van der Waals surface area contributed by atoms with Gasteiger partial charge in [-0.05, 0) is 84.4 Å². The molecule has 5 rings (SSSR count). The molecule has 8 nitrogen and oxygen atoms in total. The number of Topliss-reactive ketones (excluding diaryl/α,β-unsaturated/α-hetero) is 2. The van der Waals surface area contributed by atoms with E-state index >= 15 is 0 Å². The lowest BCUT2D eigenvalue weighted by Crippen LogP contribution is -2.70. The van der Waals surface area contributed by atoms with Crippen molar-refractivity contribution in [3.8, 4) is 0 Å². The molecule has 0 bridgehead atoms. The average molecular weight is 582 g/mol. The molecule has 3 N–H and O–H groups in total. The van der Waals surface area contributed by atoms with E-state index in [1.807, 2.05) is 19.9 Å². The van der Waals surface area contributed by atoms with Gasteiger partial charge in [-0.15, -0.1) is 0 Å². The molecule has 42 heavy (non-hydrogen) atoms. The van der Waals surface area contributed by atoms with Gasteiger partial charge in [0.25, 0.3) is 0 Å². The number of hydrazine groups is 1. The third-order valence-electron chi connectivity index (χ3n) is 13.7. The highest BCUT2D eigenvalue weighted by Gasteiger charge is 2.73. The second kappa shape index (κ2) is 9.25. The van der Waals surface area contributed by atoms with E-state index in [0.29, 0.717) is 31.4 Å². The lowest BCUT2D eigenvalue weighted by molar-refractivity contribution is -0.223. The molecule has 0 saturated heterocycles. The van der Waals surface area contributed by atoms with Gasteiger partial charge in [0.05, 0.1) is 11.1 Å². The minimum Gasteiger partial charge on any atom is -0.396 e. The largest absolute Gasteiger partial charge is 0.396 e. The van der Waals surface area contributed by atoms with Crippen molar-refractivity contribution in [1.29, 1.82) is 0 Å². The van der Waals surface area contributed by atoms with E-state index in [-0.39, 0.29) is 62.8 Å². The van der Waals surface area contributed by atoms with Gasteiger partial charge < -0.3 is 5.73 Å². The van der Waals surface area contributed by atoms with E-state index in [1.54, 1.807) is 0 Å². The highest BCUT2D eigenvalue weighted by Crippen LogP contribution is 2.75. The molecule has 3 amide bonds. The van der Waals surface area contributed by atoms with Crippen LogP contribution in [-0.4, -0.2) is 34.3 Å². The fraction of sp³-hybridized carbons (Fsp3) is 0.794. The molecule has 0 heterocycles. The van der Waals surface area contributed by atoms with Crippen LogP contribution < -0.4 is 11.2 Å². The quantitative estimate of drug-likeness (QED) is 0.415. The summed E-state index contributed by atoms with van der Waals surface area (Å²) in [6.07, 6.45) is 7.71. The summed E-state index contributed by atoms with van der Waals surface area (Å²) in [7, 11) is 0. The number of hydrogen-bond donors (Lipinski definition) is 2. The van der Waals surface area contributed by atoms with E-state index in [0.717, 1.165) is 30.7 Å². The summed E-state index contributed by atoms with van der Waals surface area (Å²) in [6, 6.07) is 0. The first kappa shape index (κ1) is 30.9. The Morgan fingerprint density at radius 2 is 1.45 bits per heavy atom. The van der Waals surface area contributed by atoms with Crippen molar-refractivity contribution in [2.24, 2.45) is 61.9 Å². The molecular weight excluding hydrogens is 530 g/mol. The molecule has 4 saturated carbocycles. The molecule has 0 spiro atoms. The van der Waals surface area contributed by atoms with Crippen LogP contribution in [0.15, 0.2) is 11.8 Å². The summed E-state index contributed by atoms with van der Waals surface area (Å²) in [6.45, 7) is 17.9. The molecule has 0 aliphatic heterocycles. The standard InChI is InChI=1S/C34H51N3O5/c1-19(38)37(20(2)39)36-28(42)34-14-12-29(3,4)17-21(34)26-23(40)16-25-31(7)18-22(35)27(41)30(5,6)24(31)10-11-32(25,8)33(26,9)13-15-34/h18,21,24-26H,10-17,35H2,1-9H3,(H,36,42)/t21-,24-,25+,26-,31-,32+,33+,34-/m0/s1. The maximum Gasteiger partial charge on any atom is 0.245 e. The van der Waals surface area contributed by atoms with Crippen LogP contribution in [0.4, 0.5) is 0 Å². The van der Waals surface area contributed by atoms with Crippen molar-refractivity contribution in [1.82, 2.24) is 10.4 Å². The second-order valence-corrected chi connectivity index (χ2v) is 16.6. The van der Waals surface area contributed by atoms with Crippen molar-refractivity contribution in [3.05, 3.63) is 11.8 Å². The number of hydrogen-bond acceptors (Lipinski definition) is 6. The fourth-order valence-electron chi connectivity index (χ4n) is 11.3. The SMILES string of the molecule is CC(=O)N(NC(=O)[C@]12CCC(C)(C)C[C@H]1[C@H]1C(=O)C[C@@H]3[C@@]4(C)C=C(N)C(=O)C(C)(C)[C@@H]4CC[C@@]3(C)[C@]1(C)CC2)C(C)=O. The molecule has 8 heteroatoms. The Kier molecular flexibility index (Phi) is 6.81. The van der Waals surface area contributed by atoms with Crippen LogP contribution in [0.2, 0.25) is 0 Å². The van der Waals surface area contributed by atoms with E-state index in [1.165, 1.54) is 13.8 Å². The molecule has 0 unspecified atom stereocenters. The maximum absolute atomic E-state index is 14.7. The predicted octanol–water partition coefficient (Wildman–Crippen LogP) is 5.10. The lowest BCUT2D eigenvalue weighted by Gasteiger charge is -2.71. The number of nitrogens with one attached hydrogen (secondary N) is 1. The summed E-state index contributed by atoms with van der Waals surface area (Å²) in [5, 5.41) is 0.812. The number of allylic oxidation sites excluding steroid dienone is 2. The molecule has 0 aromatic rings. The van der Waals surface area contributed by atoms with Gasteiger partial charge in [0.2, 0.25) is 17.7 Å². The number of amides is 3. The number of imide groups is 1. The van der Waals surface area contributed by atoms with Gasteiger partial charge in [0, 0.05) is 31.6 Å². The summed E-state index contributed by atoms with van der Waals surface area (Å²) < 4.78 is 0. The topological polar surface area (TPSA) is 127 Å². The Balaban J connectivity index is 1.59. The number of nitrogens with zero attached hydrogens (tertiary/aromatic N) is 1. The van der Waals surface area contributed by atoms with E-state index in [4.69, 9.17) is 5.73 Å². The highest BCUT2D eigenvalue weighted by molar-refractivity contribution is 6.00. The number of carbonyl (C=O) groups excluding carboxylic acids is 5. The summed E-state index contributed by atoms with van der Waals surface area (Å²) in [4.78, 5) is 66.5. The summed E-state index contributed by atoms with van der Waals surface area (Å²) in [5.74, 6) is -1.53. The Bertz CT molecular complexity index is 1290. The molecule has 0 aromatic carbocycles. The molecule has 0 radical (unpaired) electrons. The van der Waals surface area contributed by atoms with Gasteiger partial charge in [0.1, 0.15) is 5.78 Å². The minimum absolute atomic E-state index is 0.00265.